The van der Waals surface area contributed by atoms with Crippen LogP contribution >= 0.6 is 12.2 Å². The van der Waals surface area contributed by atoms with Crippen LogP contribution in [0.15, 0.2) is 54.6 Å². The van der Waals surface area contributed by atoms with Gasteiger partial charge in [-0.3, -0.25) is 9.69 Å². The third-order valence-electron chi connectivity index (χ3n) is 6.66. The Kier molecular flexibility index (Phi) is 4.18. The molecule has 6 rings (SSSR count). The number of nitrogens with one attached hydrogen (secondary N) is 1. The summed E-state index contributed by atoms with van der Waals surface area (Å²) in [7, 11) is 0. The maximum Gasteiger partial charge on any atom is 0.251 e. The number of H-pyrrole nitrogens is 1. The summed E-state index contributed by atoms with van der Waals surface area (Å²) in [5, 5.41) is 1.82. The van der Waals surface area contributed by atoms with Crippen LogP contribution in [0, 0.1) is 0 Å². The van der Waals surface area contributed by atoms with Crippen LogP contribution in [0.1, 0.15) is 35.7 Å². The molecule has 2 aromatic carbocycles. The van der Waals surface area contributed by atoms with Gasteiger partial charge in [0.2, 0.25) is 0 Å². The monoisotopic (exact) mass is 417 g/mol. The fourth-order valence-electron chi connectivity index (χ4n) is 5.27. The molecule has 0 radical (unpaired) electrons. The zero-order valence-corrected chi connectivity index (χ0v) is 17.4. The minimum atomic E-state index is -0.268. The molecule has 1 amide bonds. The summed E-state index contributed by atoms with van der Waals surface area (Å²) < 4.78 is 5.80. The quantitative estimate of drug-likeness (QED) is 0.659. The summed E-state index contributed by atoms with van der Waals surface area (Å²) in [5.41, 5.74) is 4.63. The highest BCUT2D eigenvalue weighted by Crippen LogP contribution is 2.44. The van der Waals surface area contributed by atoms with Gasteiger partial charge in [-0.25, -0.2) is 0 Å². The highest BCUT2D eigenvalue weighted by atomic mass is 32.1. The second kappa shape index (κ2) is 6.93. The lowest BCUT2D eigenvalue weighted by atomic mass is 9.89. The summed E-state index contributed by atoms with van der Waals surface area (Å²) in [5.74, 6) is 0.104. The Balaban J connectivity index is 1.47. The molecular weight excluding hydrogens is 394 g/mol. The Morgan fingerprint density at radius 3 is 2.70 bits per heavy atom. The number of nitrogens with zero attached hydrogens (tertiary/aromatic N) is 2. The van der Waals surface area contributed by atoms with Crippen LogP contribution in [0.25, 0.3) is 10.9 Å². The molecule has 3 aliphatic rings. The van der Waals surface area contributed by atoms with Crippen LogP contribution in [0.4, 0.5) is 0 Å². The number of para-hydroxylation sites is 1. The largest absolute Gasteiger partial charge is 0.376 e. The van der Waals surface area contributed by atoms with Gasteiger partial charge < -0.3 is 14.6 Å². The van der Waals surface area contributed by atoms with Gasteiger partial charge in [-0.05, 0) is 42.3 Å². The van der Waals surface area contributed by atoms with E-state index in [9.17, 15) is 4.79 Å². The molecule has 0 saturated carbocycles. The summed E-state index contributed by atoms with van der Waals surface area (Å²) in [6.45, 7) is 1.33. The normalized spacial score (nSPS) is 25.8. The number of hydrogen-bond acceptors (Lipinski definition) is 3. The van der Waals surface area contributed by atoms with Crippen molar-refractivity contribution in [1.29, 1.82) is 0 Å². The number of benzene rings is 2. The van der Waals surface area contributed by atoms with E-state index >= 15 is 0 Å². The topological polar surface area (TPSA) is 48.6 Å². The first-order valence-corrected chi connectivity index (χ1v) is 11.0. The van der Waals surface area contributed by atoms with Crippen molar-refractivity contribution in [3.8, 4) is 0 Å². The Hall–Kier alpha value is -2.70. The van der Waals surface area contributed by atoms with Crippen LogP contribution in [0.2, 0.25) is 0 Å². The smallest absolute Gasteiger partial charge is 0.251 e. The number of thiocarbonyl (C=S) groups is 1. The molecule has 3 atom stereocenters. The second-order valence-corrected chi connectivity index (χ2v) is 8.73. The SMILES string of the molecule is O=C1C2Cc3c([nH]c4ccccc34)C(c3ccccc3)N2C(=S)N1CC1CCCO1. The minimum absolute atomic E-state index is 0.0853. The Bertz CT molecular complexity index is 1140. The number of carbonyl (C=O) groups excluding carboxylic acids is 1. The zero-order valence-electron chi connectivity index (χ0n) is 16.6. The molecule has 6 heteroatoms. The molecule has 3 aromatic rings. The third-order valence-corrected chi connectivity index (χ3v) is 7.09. The van der Waals surface area contributed by atoms with Crippen molar-refractivity contribution in [2.75, 3.05) is 13.2 Å². The summed E-state index contributed by atoms with van der Waals surface area (Å²) in [6.07, 6.45) is 2.80. The van der Waals surface area contributed by atoms with Crippen molar-refractivity contribution >= 4 is 34.1 Å². The van der Waals surface area contributed by atoms with E-state index in [4.69, 9.17) is 17.0 Å². The molecule has 152 valence electrons. The summed E-state index contributed by atoms with van der Waals surface area (Å²) >= 11 is 5.90. The number of carbonyl (C=O) groups is 1. The molecule has 5 nitrogen and oxygen atoms in total. The van der Waals surface area contributed by atoms with Crippen LogP contribution < -0.4 is 0 Å². The van der Waals surface area contributed by atoms with Crippen LogP contribution in [-0.4, -0.2) is 51.1 Å². The molecule has 4 heterocycles. The minimum Gasteiger partial charge on any atom is -0.376 e. The first kappa shape index (κ1) is 18.1. The Morgan fingerprint density at radius 1 is 1.10 bits per heavy atom. The summed E-state index contributed by atoms with van der Waals surface area (Å²) in [4.78, 5) is 21.1. The van der Waals surface area contributed by atoms with Gasteiger partial charge in [-0.1, -0.05) is 48.5 Å². The predicted molar refractivity (Wildman–Crippen MR) is 119 cm³/mol. The number of aromatic amines is 1. The van der Waals surface area contributed by atoms with Gasteiger partial charge in [0.05, 0.1) is 18.7 Å². The van der Waals surface area contributed by atoms with E-state index < -0.39 is 0 Å². The van der Waals surface area contributed by atoms with Crippen molar-refractivity contribution < 1.29 is 9.53 Å². The maximum atomic E-state index is 13.5. The lowest BCUT2D eigenvalue weighted by Crippen LogP contribution is -2.44. The number of hydrogen-bond donors (Lipinski definition) is 1. The predicted octanol–water partition coefficient (Wildman–Crippen LogP) is 3.79. The van der Waals surface area contributed by atoms with Gasteiger partial charge >= 0.3 is 0 Å². The van der Waals surface area contributed by atoms with Gasteiger partial charge in [0.25, 0.3) is 5.91 Å². The van der Waals surface area contributed by atoms with Gasteiger partial charge in [-0.15, -0.1) is 0 Å². The number of aromatic nitrogens is 1. The first-order valence-electron chi connectivity index (χ1n) is 10.6. The lowest BCUT2D eigenvalue weighted by molar-refractivity contribution is -0.129. The second-order valence-electron chi connectivity index (χ2n) is 8.37. The molecule has 3 unspecified atom stereocenters. The van der Waals surface area contributed by atoms with Crippen LogP contribution in [-0.2, 0) is 16.0 Å². The van der Waals surface area contributed by atoms with E-state index in [1.807, 2.05) is 24.3 Å². The van der Waals surface area contributed by atoms with Crippen LogP contribution in [0.3, 0.4) is 0 Å². The van der Waals surface area contributed by atoms with Crippen LogP contribution in [0.5, 0.6) is 0 Å². The molecule has 0 spiro atoms. The van der Waals surface area contributed by atoms with E-state index in [2.05, 4.69) is 40.2 Å². The van der Waals surface area contributed by atoms with Crippen molar-refractivity contribution in [2.24, 2.45) is 0 Å². The molecule has 2 saturated heterocycles. The van der Waals surface area contributed by atoms with E-state index in [1.165, 1.54) is 10.9 Å². The Labute approximate surface area is 180 Å². The van der Waals surface area contributed by atoms with E-state index in [-0.39, 0.29) is 24.1 Å². The molecule has 2 fully saturated rings. The number of amides is 1. The number of ether oxygens (including phenoxy) is 1. The fourth-order valence-corrected chi connectivity index (χ4v) is 5.67. The van der Waals surface area contributed by atoms with Gasteiger partial charge in [0, 0.05) is 29.6 Å². The first-order chi connectivity index (χ1) is 14.7. The molecule has 30 heavy (non-hydrogen) atoms. The standard InChI is InChI=1S/C24H23N3O2S/c28-23-20-13-18-17-10-4-5-11-19(17)25-21(18)22(15-7-2-1-3-8-15)27(20)24(30)26(23)14-16-9-6-12-29-16/h1-5,7-8,10-11,16,20,22,25H,6,9,12-14H2. The molecule has 3 aliphatic heterocycles. The maximum absolute atomic E-state index is 13.5. The number of fused-ring (bicyclic) bond motifs is 4. The fraction of sp³-hybridized carbons (Fsp3) is 0.333. The molecular formula is C24H23N3O2S. The van der Waals surface area contributed by atoms with Crippen molar-refractivity contribution in [1.82, 2.24) is 14.8 Å². The summed E-state index contributed by atoms with van der Waals surface area (Å²) in [6, 6.07) is 18.3. The number of rotatable bonds is 3. The van der Waals surface area contributed by atoms with Gasteiger partial charge in [0.1, 0.15) is 6.04 Å². The molecule has 0 bridgehead atoms. The molecule has 1 aromatic heterocycles. The molecule has 1 N–H and O–H groups in total. The highest BCUT2D eigenvalue weighted by Gasteiger charge is 2.50. The lowest BCUT2D eigenvalue weighted by Gasteiger charge is -2.37. The van der Waals surface area contributed by atoms with E-state index in [1.54, 1.807) is 4.90 Å². The van der Waals surface area contributed by atoms with Gasteiger partial charge in [-0.2, -0.15) is 0 Å². The average molecular weight is 418 g/mol. The zero-order chi connectivity index (χ0) is 20.2. The van der Waals surface area contributed by atoms with Crippen molar-refractivity contribution in [3.05, 3.63) is 71.4 Å². The van der Waals surface area contributed by atoms with E-state index in [0.717, 1.165) is 36.2 Å². The van der Waals surface area contributed by atoms with Gasteiger partial charge in [0.15, 0.2) is 5.11 Å². The van der Waals surface area contributed by atoms with E-state index in [0.29, 0.717) is 18.1 Å². The third kappa shape index (κ3) is 2.63. The van der Waals surface area contributed by atoms with Crippen molar-refractivity contribution in [3.63, 3.8) is 0 Å². The Morgan fingerprint density at radius 2 is 1.90 bits per heavy atom. The van der Waals surface area contributed by atoms with Crippen molar-refractivity contribution in [2.45, 2.75) is 37.5 Å². The average Bonchev–Trinajstić information content (AvgIpc) is 3.48. The molecule has 0 aliphatic carbocycles. The highest BCUT2D eigenvalue weighted by molar-refractivity contribution is 7.80.